The Morgan fingerprint density at radius 1 is 1.09 bits per heavy atom. The average Bonchev–Trinajstić information content (AvgIpc) is 2.71. The molecule has 0 aromatic heterocycles. The number of aliphatic carboxylic acids is 2. The molecule has 178 valence electrons. The summed E-state index contributed by atoms with van der Waals surface area (Å²) in [7, 11) is 0. The van der Waals surface area contributed by atoms with Gasteiger partial charge in [-0.2, -0.15) is 0 Å². The van der Waals surface area contributed by atoms with Crippen molar-refractivity contribution in [1.29, 1.82) is 0 Å². The molecule has 1 heterocycles. The molecule has 33 heavy (non-hydrogen) atoms. The maximum atomic E-state index is 13.0. The van der Waals surface area contributed by atoms with Crippen LogP contribution in [-0.2, 0) is 35.2 Å². The molecule has 1 aromatic carbocycles. The van der Waals surface area contributed by atoms with E-state index < -0.39 is 67.2 Å². The van der Waals surface area contributed by atoms with E-state index in [9.17, 15) is 33.9 Å². The molecule has 1 aliphatic heterocycles. The van der Waals surface area contributed by atoms with Crippen LogP contribution in [0.5, 0.6) is 0 Å². The normalized spacial score (nSPS) is 18.3. The SMILES string of the molecule is CC(=O)N[C@H](Cc1ccccc1)N1CCN(CC(=O)O)C(=O)[C@H](CC(=O)O)NC(=O)CC1=O. The van der Waals surface area contributed by atoms with E-state index >= 15 is 0 Å². The van der Waals surface area contributed by atoms with Crippen molar-refractivity contribution in [2.45, 2.75) is 38.4 Å². The number of carboxylic acid groups (broad SMARTS) is 2. The number of nitrogens with one attached hydrogen (secondary N) is 2. The third kappa shape index (κ3) is 7.91. The lowest BCUT2D eigenvalue weighted by Gasteiger charge is -2.36. The third-order valence-corrected chi connectivity index (χ3v) is 4.91. The van der Waals surface area contributed by atoms with Crippen LogP contribution in [0.1, 0.15) is 25.3 Å². The van der Waals surface area contributed by atoms with Gasteiger partial charge in [0.2, 0.25) is 23.6 Å². The maximum absolute atomic E-state index is 13.0. The Labute approximate surface area is 189 Å². The fourth-order valence-corrected chi connectivity index (χ4v) is 3.50. The Morgan fingerprint density at radius 3 is 2.33 bits per heavy atom. The standard InChI is InChI=1S/C21H26N4O8/c1-13(26)22-16(9-14-5-3-2-4-6-14)25-8-7-24(12-20(31)32)21(33)15(10-19(29)30)23-17(27)11-18(25)28/h2-6,15-16H,7-12H2,1H3,(H,22,26)(H,23,27)(H,29,30)(H,31,32)/t15-,16-/m0/s1. The number of carboxylic acids is 2. The zero-order valence-electron chi connectivity index (χ0n) is 18.0. The smallest absolute Gasteiger partial charge is 0.323 e. The third-order valence-electron chi connectivity index (χ3n) is 4.91. The number of hydrogen-bond donors (Lipinski definition) is 4. The van der Waals surface area contributed by atoms with E-state index in [0.717, 1.165) is 10.5 Å². The van der Waals surface area contributed by atoms with Gasteiger partial charge >= 0.3 is 11.9 Å². The monoisotopic (exact) mass is 462 g/mol. The number of benzene rings is 1. The van der Waals surface area contributed by atoms with Gasteiger partial charge in [-0.3, -0.25) is 28.8 Å². The van der Waals surface area contributed by atoms with E-state index in [2.05, 4.69) is 10.6 Å². The Bertz CT molecular complexity index is 920. The fourth-order valence-electron chi connectivity index (χ4n) is 3.50. The molecule has 4 N–H and O–H groups in total. The molecule has 1 saturated heterocycles. The van der Waals surface area contributed by atoms with Crippen LogP contribution in [-0.4, -0.2) is 87.4 Å². The second-order valence-electron chi connectivity index (χ2n) is 7.54. The molecule has 1 aliphatic rings. The molecular formula is C21H26N4O8. The van der Waals surface area contributed by atoms with Gasteiger partial charge in [0.05, 0.1) is 6.42 Å². The van der Waals surface area contributed by atoms with E-state index in [0.29, 0.717) is 0 Å². The van der Waals surface area contributed by atoms with Crippen LogP contribution in [0.3, 0.4) is 0 Å². The van der Waals surface area contributed by atoms with Gasteiger partial charge in [0, 0.05) is 26.4 Å². The van der Waals surface area contributed by atoms with Crippen molar-refractivity contribution in [3.8, 4) is 0 Å². The number of amides is 4. The van der Waals surface area contributed by atoms with Gasteiger partial charge in [0.1, 0.15) is 25.2 Å². The van der Waals surface area contributed by atoms with Gasteiger partial charge in [0.25, 0.3) is 0 Å². The molecule has 12 nitrogen and oxygen atoms in total. The van der Waals surface area contributed by atoms with Crippen molar-refractivity contribution < 1.29 is 39.0 Å². The van der Waals surface area contributed by atoms with Crippen LogP contribution in [0.4, 0.5) is 0 Å². The highest BCUT2D eigenvalue weighted by molar-refractivity contribution is 6.00. The van der Waals surface area contributed by atoms with Gasteiger partial charge in [0.15, 0.2) is 0 Å². The van der Waals surface area contributed by atoms with Gasteiger partial charge in [-0.05, 0) is 5.56 Å². The van der Waals surface area contributed by atoms with Crippen LogP contribution in [0.15, 0.2) is 30.3 Å². The molecule has 2 rings (SSSR count). The number of carbonyl (C=O) groups is 6. The number of carbonyl (C=O) groups excluding carboxylic acids is 4. The summed E-state index contributed by atoms with van der Waals surface area (Å²) in [5.74, 6) is -5.58. The molecule has 0 bridgehead atoms. The molecule has 0 saturated carbocycles. The molecule has 1 fully saturated rings. The van der Waals surface area contributed by atoms with Crippen LogP contribution >= 0.6 is 0 Å². The van der Waals surface area contributed by atoms with Crippen molar-refractivity contribution in [1.82, 2.24) is 20.4 Å². The second-order valence-corrected chi connectivity index (χ2v) is 7.54. The van der Waals surface area contributed by atoms with E-state index in [1.54, 1.807) is 30.3 Å². The molecule has 4 amide bonds. The molecule has 0 aliphatic carbocycles. The van der Waals surface area contributed by atoms with E-state index in [-0.39, 0.29) is 19.5 Å². The van der Waals surface area contributed by atoms with Gasteiger partial charge < -0.3 is 30.6 Å². The largest absolute Gasteiger partial charge is 0.481 e. The number of nitrogens with zero attached hydrogens (tertiary/aromatic N) is 2. The van der Waals surface area contributed by atoms with Crippen LogP contribution < -0.4 is 10.6 Å². The van der Waals surface area contributed by atoms with Gasteiger partial charge in [-0.1, -0.05) is 30.3 Å². The summed E-state index contributed by atoms with van der Waals surface area (Å²) in [5, 5.41) is 23.1. The molecular weight excluding hydrogens is 436 g/mol. The number of hydrogen-bond acceptors (Lipinski definition) is 6. The Balaban J connectivity index is 2.36. The summed E-state index contributed by atoms with van der Waals surface area (Å²) in [6.45, 7) is 0.0972. The predicted molar refractivity (Wildman–Crippen MR) is 112 cm³/mol. The first kappa shape index (κ1) is 25.3. The molecule has 1 aromatic rings. The van der Waals surface area contributed by atoms with Crippen molar-refractivity contribution in [2.24, 2.45) is 0 Å². The molecule has 0 unspecified atom stereocenters. The van der Waals surface area contributed by atoms with Gasteiger partial charge in [-0.15, -0.1) is 0 Å². The fraction of sp³-hybridized carbons (Fsp3) is 0.429. The maximum Gasteiger partial charge on any atom is 0.323 e. The van der Waals surface area contributed by atoms with Gasteiger partial charge in [-0.25, -0.2) is 0 Å². The highest BCUT2D eigenvalue weighted by Crippen LogP contribution is 2.12. The number of rotatable bonds is 8. The van der Waals surface area contributed by atoms with Crippen LogP contribution in [0, 0.1) is 0 Å². The van der Waals surface area contributed by atoms with Crippen molar-refractivity contribution in [3.63, 3.8) is 0 Å². The van der Waals surface area contributed by atoms with E-state index in [4.69, 9.17) is 5.11 Å². The zero-order chi connectivity index (χ0) is 24.5. The predicted octanol–water partition coefficient (Wildman–Crippen LogP) is -1.20. The molecule has 0 radical (unpaired) electrons. The zero-order valence-corrected chi connectivity index (χ0v) is 18.0. The lowest BCUT2D eigenvalue weighted by molar-refractivity contribution is -0.149. The second kappa shape index (κ2) is 11.6. The lowest BCUT2D eigenvalue weighted by atomic mass is 10.1. The highest BCUT2D eigenvalue weighted by atomic mass is 16.4. The topological polar surface area (TPSA) is 173 Å². The van der Waals surface area contributed by atoms with E-state index in [1.807, 2.05) is 0 Å². The minimum absolute atomic E-state index is 0.178. The molecule has 2 atom stereocenters. The summed E-state index contributed by atoms with van der Waals surface area (Å²) in [4.78, 5) is 74.5. The first-order chi connectivity index (χ1) is 15.6. The quantitative estimate of drug-likeness (QED) is 0.349. The van der Waals surface area contributed by atoms with E-state index in [1.165, 1.54) is 11.8 Å². The summed E-state index contributed by atoms with van der Waals surface area (Å²) in [5.41, 5.74) is 0.797. The summed E-state index contributed by atoms with van der Waals surface area (Å²) < 4.78 is 0. The minimum atomic E-state index is -1.51. The lowest BCUT2D eigenvalue weighted by Crippen LogP contribution is -2.58. The highest BCUT2D eigenvalue weighted by Gasteiger charge is 2.34. The minimum Gasteiger partial charge on any atom is -0.481 e. The van der Waals surface area contributed by atoms with Crippen molar-refractivity contribution in [3.05, 3.63) is 35.9 Å². The first-order valence-corrected chi connectivity index (χ1v) is 10.2. The Morgan fingerprint density at radius 2 is 1.76 bits per heavy atom. The molecule has 12 heteroatoms. The van der Waals surface area contributed by atoms with Crippen LogP contribution in [0.2, 0.25) is 0 Å². The van der Waals surface area contributed by atoms with Crippen molar-refractivity contribution in [2.75, 3.05) is 19.6 Å². The molecule has 0 spiro atoms. The summed E-state index contributed by atoms with van der Waals surface area (Å²) >= 11 is 0. The Hall–Kier alpha value is -3.96. The van der Waals surface area contributed by atoms with Crippen molar-refractivity contribution >= 4 is 35.6 Å². The summed E-state index contributed by atoms with van der Waals surface area (Å²) in [6.07, 6.45) is -2.09. The summed E-state index contributed by atoms with van der Waals surface area (Å²) in [6, 6.07) is 7.46. The Kier molecular flexibility index (Phi) is 8.89. The first-order valence-electron chi connectivity index (χ1n) is 10.2. The average molecular weight is 462 g/mol. The van der Waals surface area contributed by atoms with Crippen LogP contribution in [0.25, 0.3) is 0 Å².